The Morgan fingerprint density at radius 3 is 2.56 bits per heavy atom. The van der Waals surface area contributed by atoms with E-state index in [9.17, 15) is 0 Å². The van der Waals surface area contributed by atoms with E-state index in [1.165, 1.54) is 0 Å². The van der Waals surface area contributed by atoms with E-state index in [4.69, 9.17) is 9.47 Å². The van der Waals surface area contributed by atoms with Crippen LogP contribution in [0.25, 0.3) is 0 Å². The minimum Gasteiger partial charge on any atom is -0.497 e. The number of benzene rings is 1. The topological polar surface area (TPSA) is 30.8 Å². The van der Waals surface area contributed by atoms with E-state index in [1.807, 2.05) is 24.3 Å². The molecule has 3 nitrogen and oxygen atoms in total. The van der Waals surface area contributed by atoms with Crippen LogP contribution >= 0.6 is 22.6 Å². The molecule has 0 saturated heterocycles. The van der Waals surface area contributed by atoms with Gasteiger partial charge in [0.2, 0.25) is 5.90 Å². The molecule has 2 atom stereocenters. The predicted molar refractivity (Wildman–Crippen MR) is 72.8 cm³/mol. The number of hydrogen-bond donors (Lipinski definition) is 0. The van der Waals surface area contributed by atoms with Gasteiger partial charge in [-0.3, -0.25) is 0 Å². The van der Waals surface area contributed by atoms with Gasteiger partial charge in [0.25, 0.3) is 0 Å². The summed E-state index contributed by atoms with van der Waals surface area (Å²) in [6, 6.07) is 8.06. The summed E-state index contributed by atoms with van der Waals surface area (Å²) in [4.78, 5) is 4.56. The Kier molecular flexibility index (Phi) is 3.68. The smallest absolute Gasteiger partial charge is 0.216 e. The Morgan fingerprint density at radius 2 is 2.06 bits per heavy atom. The molecule has 1 aromatic carbocycles. The minimum absolute atomic E-state index is 0.175. The van der Waals surface area contributed by atoms with Gasteiger partial charge in [-0.2, -0.15) is 0 Å². The van der Waals surface area contributed by atoms with Crippen LogP contribution in [-0.2, 0) is 4.74 Å². The lowest BCUT2D eigenvalue weighted by molar-refractivity contribution is 0.221. The normalized spacial score (nSPS) is 23.8. The van der Waals surface area contributed by atoms with Gasteiger partial charge in [0.05, 0.1) is 13.2 Å². The molecule has 1 aliphatic rings. The molecule has 0 N–H and O–H groups in total. The van der Waals surface area contributed by atoms with Crippen molar-refractivity contribution in [3.63, 3.8) is 0 Å². The average Bonchev–Trinajstić information content (AvgIpc) is 2.71. The molecular weight excluding hydrogens is 317 g/mol. The number of alkyl halides is 1. The quantitative estimate of drug-likeness (QED) is 0.630. The molecule has 1 aliphatic heterocycles. The minimum atomic E-state index is 0.175. The Morgan fingerprint density at radius 1 is 1.38 bits per heavy atom. The average molecular weight is 331 g/mol. The molecule has 2 unspecified atom stereocenters. The molecule has 0 bridgehead atoms. The van der Waals surface area contributed by atoms with Crippen LogP contribution in [0, 0.1) is 0 Å². The highest BCUT2D eigenvalue weighted by Crippen LogP contribution is 2.21. The van der Waals surface area contributed by atoms with Crippen molar-refractivity contribution in [1.82, 2.24) is 0 Å². The third-order valence-corrected chi connectivity index (χ3v) is 3.52. The second-order valence-corrected chi connectivity index (χ2v) is 4.59. The van der Waals surface area contributed by atoms with Crippen LogP contribution in [-0.4, -0.2) is 29.6 Å². The van der Waals surface area contributed by atoms with Crippen LogP contribution in [0.1, 0.15) is 12.5 Å². The fourth-order valence-electron chi connectivity index (χ4n) is 1.58. The molecule has 0 aliphatic carbocycles. The highest BCUT2D eigenvalue weighted by molar-refractivity contribution is 14.1. The van der Waals surface area contributed by atoms with Gasteiger partial charge in [-0.1, -0.05) is 22.6 Å². The lowest BCUT2D eigenvalue weighted by Crippen LogP contribution is -2.19. The molecule has 16 heavy (non-hydrogen) atoms. The van der Waals surface area contributed by atoms with Gasteiger partial charge in [-0.25, -0.2) is 4.99 Å². The van der Waals surface area contributed by atoms with E-state index in [1.54, 1.807) is 7.11 Å². The molecule has 1 aromatic rings. The number of hydrogen-bond acceptors (Lipinski definition) is 3. The number of rotatable bonds is 3. The fraction of sp³-hybridized carbons (Fsp3) is 0.417. The van der Waals surface area contributed by atoms with Crippen molar-refractivity contribution in [3.8, 4) is 5.75 Å². The molecule has 0 saturated carbocycles. The third-order valence-electron chi connectivity index (χ3n) is 2.62. The summed E-state index contributed by atoms with van der Waals surface area (Å²) in [6.07, 6.45) is 0.175. The monoisotopic (exact) mass is 331 g/mol. The second kappa shape index (κ2) is 5.03. The molecule has 0 radical (unpaired) electrons. The van der Waals surface area contributed by atoms with Crippen molar-refractivity contribution in [2.75, 3.05) is 11.5 Å². The number of methoxy groups -OCH3 is 1. The summed E-state index contributed by atoms with van der Waals surface area (Å²) in [7, 11) is 1.66. The summed E-state index contributed by atoms with van der Waals surface area (Å²) in [5, 5.41) is 0. The number of nitrogens with zero attached hydrogens (tertiary/aromatic N) is 1. The summed E-state index contributed by atoms with van der Waals surface area (Å²) in [6.45, 7) is 2.06. The Labute approximate surface area is 109 Å². The summed E-state index contributed by atoms with van der Waals surface area (Å²) in [5.74, 6) is 1.60. The van der Waals surface area contributed by atoms with Crippen molar-refractivity contribution in [2.24, 2.45) is 4.99 Å². The van der Waals surface area contributed by atoms with E-state index in [-0.39, 0.29) is 12.1 Å². The molecule has 0 spiro atoms. The fourth-order valence-corrected chi connectivity index (χ4v) is 2.49. The molecular formula is C12H14INO2. The van der Waals surface area contributed by atoms with Crippen LogP contribution in [0.2, 0.25) is 0 Å². The first kappa shape index (κ1) is 11.7. The highest BCUT2D eigenvalue weighted by atomic mass is 127. The molecule has 1 heterocycles. The van der Waals surface area contributed by atoms with Crippen LogP contribution in [0.4, 0.5) is 0 Å². The predicted octanol–water partition coefficient (Wildman–Crippen LogP) is 2.66. The van der Waals surface area contributed by atoms with Gasteiger partial charge >= 0.3 is 0 Å². The van der Waals surface area contributed by atoms with Crippen LogP contribution < -0.4 is 4.74 Å². The van der Waals surface area contributed by atoms with Crippen LogP contribution in [0.5, 0.6) is 5.75 Å². The standard InChI is InChI=1S/C12H14INO2/c1-8-11(7-13)14-12(16-8)9-3-5-10(15-2)6-4-9/h3-6,8,11H,7H2,1-2H3. The largest absolute Gasteiger partial charge is 0.497 e. The molecule has 0 fully saturated rings. The van der Waals surface area contributed by atoms with Gasteiger partial charge in [-0.05, 0) is 31.2 Å². The Balaban J connectivity index is 2.19. The number of aliphatic imine (C=N–C) groups is 1. The van der Waals surface area contributed by atoms with Gasteiger partial charge < -0.3 is 9.47 Å². The van der Waals surface area contributed by atoms with Crippen LogP contribution in [0.3, 0.4) is 0 Å². The second-order valence-electron chi connectivity index (χ2n) is 3.71. The summed E-state index contributed by atoms with van der Waals surface area (Å²) < 4.78 is 11.8. The molecule has 0 aromatic heterocycles. The lowest BCUT2D eigenvalue weighted by Gasteiger charge is -2.09. The zero-order chi connectivity index (χ0) is 11.5. The molecule has 4 heteroatoms. The Bertz CT molecular complexity index is 389. The van der Waals surface area contributed by atoms with Gasteiger partial charge in [0.15, 0.2) is 0 Å². The highest BCUT2D eigenvalue weighted by Gasteiger charge is 2.26. The van der Waals surface area contributed by atoms with Crippen molar-refractivity contribution < 1.29 is 9.47 Å². The van der Waals surface area contributed by atoms with Crippen molar-refractivity contribution in [1.29, 1.82) is 0 Å². The maximum Gasteiger partial charge on any atom is 0.216 e. The maximum absolute atomic E-state index is 5.73. The van der Waals surface area contributed by atoms with E-state index in [2.05, 4.69) is 34.5 Å². The first-order valence-electron chi connectivity index (χ1n) is 5.19. The van der Waals surface area contributed by atoms with E-state index in [0.717, 1.165) is 21.6 Å². The summed E-state index contributed by atoms with van der Waals surface area (Å²) >= 11 is 2.34. The molecule has 86 valence electrons. The lowest BCUT2D eigenvalue weighted by atomic mass is 10.2. The van der Waals surface area contributed by atoms with Gasteiger partial charge in [-0.15, -0.1) is 0 Å². The van der Waals surface area contributed by atoms with E-state index < -0.39 is 0 Å². The first-order chi connectivity index (χ1) is 7.74. The zero-order valence-electron chi connectivity index (χ0n) is 9.31. The molecule has 0 amide bonds. The summed E-state index contributed by atoms with van der Waals surface area (Å²) in [5.41, 5.74) is 1.01. The molecule has 2 rings (SSSR count). The zero-order valence-corrected chi connectivity index (χ0v) is 11.5. The Hall–Kier alpha value is -0.780. The van der Waals surface area contributed by atoms with Gasteiger partial charge in [0.1, 0.15) is 11.9 Å². The van der Waals surface area contributed by atoms with E-state index in [0.29, 0.717) is 0 Å². The SMILES string of the molecule is COc1ccc(C2=NC(CI)C(C)O2)cc1. The van der Waals surface area contributed by atoms with Gasteiger partial charge in [0, 0.05) is 9.99 Å². The van der Waals surface area contributed by atoms with Crippen molar-refractivity contribution in [3.05, 3.63) is 29.8 Å². The number of halogens is 1. The third kappa shape index (κ3) is 2.31. The van der Waals surface area contributed by atoms with Crippen molar-refractivity contribution >= 4 is 28.5 Å². The van der Waals surface area contributed by atoms with Crippen LogP contribution in [0.15, 0.2) is 29.3 Å². The maximum atomic E-state index is 5.73. The van der Waals surface area contributed by atoms with Crippen molar-refractivity contribution in [2.45, 2.75) is 19.1 Å². The first-order valence-corrected chi connectivity index (χ1v) is 6.72. The van der Waals surface area contributed by atoms with E-state index >= 15 is 0 Å². The number of ether oxygens (including phenoxy) is 2.